The van der Waals surface area contributed by atoms with Gasteiger partial charge in [0.25, 0.3) is 5.91 Å². The van der Waals surface area contributed by atoms with Gasteiger partial charge in [-0.2, -0.15) is 0 Å². The highest BCUT2D eigenvalue weighted by Gasteiger charge is 2.20. The third kappa shape index (κ3) is 3.68. The summed E-state index contributed by atoms with van der Waals surface area (Å²) in [4.78, 5) is 13.9. The molecule has 20 heavy (non-hydrogen) atoms. The Morgan fingerprint density at radius 1 is 1.20 bits per heavy atom. The predicted molar refractivity (Wildman–Crippen MR) is 76.4 cm³/mol. The fourth-order valence-corrected chi connectivity index (χ4v) is 2.10. The highest BCUT2D eigenvalue weighted by Crippen LogP contribution is 2.19. The number of rotatable bonds is 6. The third-order valence-electron chi connectivity index (χ3n) is 3.63. The second-order valence-electron chi connectivity index (χ2n) is 4.88. The van der Waals surface area contributed by atoms with Crippen LogP contribution in [0.2, 0.25) is 0 Å². The van der Waals surface area contributed by atoms with E-state index >= 15 is 0 Å². The summed E-state index contributed by atoms with van der Waals surface area (Å²) in [6.45, 7) is 7.08. The lowest BCUT2D eigenvalue weighted by Crippen LogP contribution is -2.35. The Balaban J connectivity index is 2.96. The second kappa shape index (κ2) is 7.22. The molecule has 0 saturated heterocycles. The van der Waals surface area contributed by atoms with E-state index in [2.05, 4.69) is 13.8 Å². The van der Waals surface area contributed by atoms with Crippen molar-refractivity contribution in [2.75, 3.05) is 18.8 Å². The quantitative estimate of drug-likeness (QED) is 0.813. The molecule has 0 spiro atoms. The molecule has 0 radical (unpaired) electrons. The standard InChI is InChI=1S/C15H22F2N2O/c1-4-10(5-2)9-19(6-3)15(20)11-7-12(16)14(18)13(17)8-11/h7-8,10H,4-6,9,18H2,1-3H3. The lowest BCUT2D eigenvalue weighted by molar-refractivity contribution is 0.0734. The zero-order valence-corrected chi connectivity index (χ0v) is 12.2. The molecule has 0 aromatic heterocycles. The van der Waals surface area contributed by atoms with Crippen LogP contribution >= 0.6 is 0 Å². The van der Waals surface area contributed by atoms with Crippen molar-refractivity contribution in [1.29, 1.82) is 0 Å². The third-order valence-corrected chi connectivity index (χ3v) is 3.63. The van der Waals surface area contributed by atoms with Crippen molar-refractivity contribution in [3.05, 3.63) is 29.3 Å². The zero-order chi connectivity index (χ0) is 15.3. The number of hydrogen-bond acceptors (Lipinski definition) is 2. The van der Waals surface area contributed by atoms with E-state index in [-0.39, 0.29) is 11.5 Å². The Labute approximate surface area is 118 Å². The molecule has 5 heteroatoms. The van der Waals surface area contributed by atoms with Crippen molar-refractivity contribution >= 4 is 11.6 Å². The molecular formula is C15H22F2N2O. The summed E-state index contributed by atoms with van der Waals surface area (Å²) < 4.78 is 26.9. The summed E-state index contributed by atoms with van der Waals surface area (Å²) in [6.07, 6.45) is 1.93. The number of nitrogens with two attached hydrogens (primary N) is 1. The minimum absolute atomic E-state index is 0.00186. The predicted octanol–water partition coefficient (Wildman–Crippen LogP) is 3.45. The number of benzene rings is 1. The number of hydrogen-bond donors (Lipinski definition) is 1. The largest absolute Gasteiger partial charge is 0.394 e. The molecule has 0 aliphatic heterocycles. The van der Waals surface area contributed by atoms with Crippen molar-refractivity contribution in [2.45, 2.75) is 33.6 Å². The van der Waals surface area contributed by atoms with Gasteiger partial charge in [-0.1, -0.05) is 26.7 Å². The maximum Gasteiger partial charge on any atom is 0.254 e. The van der Waals surface area contributed by atoms with Crippen LogP contribution in [0.4, 0.5) is 14.5 Å². The van der Waals surface area contributed by atoms with Crippen LogP contribution in [0.25, 0.3) is 0 Å². The molecule has 2 N–H and O–H groups in total. The summed E-state index contributed by atoms with van der Waals surface area (Å²) in [5.74, 6) is -1.77. The van der Waals surface area contributed by atoms with Crippen LogP contribution in [0.5, 0.6) is 0 Å². The smallest absolute Gasteiger partial charge is 0.254 e. The van der Waals surface area contributed by atoms with E-state index in [1.165, 1.54) is 0 Å². The van der Waals surface area contributed by atoms with Crippen LogP contribution in [0.3, 0.4) is 0 Å². The molecular weight excluding hydrogens is 262 g/mol. The Bertz CT molecular complexity index is 450. The molecule has 0 atom stereocenters. The lowest BCUT2D eigenvalue weighted by Gasteiger charge is -2.25. The van der Waals surface area contributed by atoms with Gasteiger partial charge in [0.15, 0.2) is 0 Å². The number of halogens is 2. The Kier molecular flexibility index (Phi) is 5.92. The number of amides is 1. The maximum atomic E-state index is 13.4. The number of nitrogens with zero attached hydrogens (tertiary/aromatic N) is 1. The molecule has 1 aromatic rings. The fourth-order valence-electron chi connectivity index (χ4n) is 2.10. The summed E-state index contributed by atoms with van der Waals surface area (Å²) in [6, 6.07) is 1.99. The summed E-state index contributed by atoms with van der Waals surface area (Å²) in [7, 11) is 0. The number of carbonyl (C=O) groups is 1. The van der Waals surface area contributed by atoms with E-state index in [1.807, 2.05) is 6.92 Å². The zero-order valence-electron chi connectivity index (χ0n) is 12.2. The second-order valence-corrected chi connectivity index (χ2v) is 4.88. The molecule has 0 aliphatic rings. The van der Waals surface area contributed by atoms with E-state index in [0.29, 0.717) is 19.0 Å². The van der Waals surface area contributed by atoms with Gasteiger partial charge < -0.3 is 10.6 Å². The first-order valence-corrected chi connectivity index (χ1v) is 6.98. The summed E-state index contributed by atoms with van der Waals surface area (Å²) in [5, 5.41) is 0. The molecule has 0 saturated carbocycles. The average Bonchev–Trinajstić information content (AvgIpc) is 2.45. The van der Waals surface area contributed by atoms with Crippen LogP contribution in [0.15, 0.2) is 12.1 Å². The monoisotopic (exact) mass is 284 g/mol. The van der Waals surface area contributed by atoms with E-state index in [4.69, 9.17) is 5.73 Å². The van der Waals surface area contributed by atoms with E-state index in [1.54, 1.807) is 4.90 Å². The van der Waals surface area contributed by atoms with Gasteiger partial charge in [0.05, 0.1) is 0 Å². The normalized spacial score (nSPS) is 10.9. The number of anilines is 1. The number of carbonyl (C=O) groups excluding carboxylic acids is 1. The minimum Gasteiger partial charge on any atom is -0.394 e. The minimum atomic E-state index is -0.896. The van der Waals surface area contributed by atoms with Gasteiger partial charge in [-0.3, -0.25) is 4.79 Å². The van der Waals surface area contributed by atoms with Crippen LogP contribution in [0, 0.1) is 17.6 Å². The van der Waals surface area contributed by atoms with Crippen LogP contribution in [0.1, 0.15) is 44.0 Å². The van der Waals surface area contributed by atoms with Gasteiger partial charge in [-0.15, -0.1) is 0 Å². The van der Waals surface area contributed by atoms with E-state index in [0.717, 1.165) is 25.0 Å². The van der Waals surface area contributed by atoms with Crippen molar-refractivity contribution in [2.24, 2.45) is 5.92 Å². The first-order valence-electron chi connectivity index (χ1n) is 6.98. The molecule has 1 amide bonds. The highest BCUT2D eigenvalue weighted by molar-refractivity contribution is 5.94. The van der Waals surface area contributed by atoms with Crippen molar-refractivity contribution < 1.29 is 13.6 Å². The van der Waals surface area contributed by atoms with E-state index < -0.39 is 17.3 Å². The Hall–Kier alpha value is -1.65. The summed E-state index contributed by atoms with van der Waals surface area (Å²) in [5.41, 5.74) is 4.66. The van der Waals surface area contributed by atoms with Gasteiger partial charge in [0.2, 0.25) is 0 Å². The van der Waals surface area contributed by atoms with Crippen LogP contribution in [-0.4, -0.2) is 23.9 Å². The molecule has 0 heterocycles. The molecule has 0 bridgehead atoms. The lowest BCUT2D eigenvalue weighted by atomic mass is 10.0. The first kappa shape index (κ1) is 16.4. The van der Waals surface area contributed by atoms with E-state index in [9.17, 15) is 13.6 Å². The Morgan fingerprint density at radius 3 is 2.10 bits per heavy atom. The average molecular weight is 284 g/mol. The van der Waals surface area contributed by atoms with Crippen molar-refractivity contribution in [3.8, 4) is 0 Å². The first-order chi connectivity index (χ1) is 9.44. The molecule has 3 nitrogen and oxygen atoms in total. The molecule has 1 aromatic carbocycles. The van der Waals surface area contributed by atoms with Gasteiger partial charge in [-0.05, 0) is 25.0 Å². The van der Waals surface area contributed by atoms with Gasteiger partial charge in [0.1, 0.15) is 17.3 Å². The maximum absolute atomic E-state index is 13.4. The molecule has 112 valence electrons. The topological polar surface area (TPSA) is 46.3 Å². The van der Waals surface area contributed by atoms with Crippen molar-refractivity contribution in [3.63, 3.8) is 0 Å². The SMILES string of the molecule is CCC(CC)CN(CC)C(=O)c1cc(F)c(N)c(F)c1. The van der Waals surface area contributed by atoms with Gasteiger partial charge in [-0.25, -0.2) is 8.78 Å². The summed E-state index contributed by atoms with van der Waals surface area (Å²) >= 11 is 0. The Morgan fingerprint density at radius 2 is 1.70 bits per heavy atom. The molecule has 0 unspecified atom stereocenters. The molecule has 0 fully saturated rings. The fraction of sp³-hybridized carbons (Fsp3) is 0.533. The number of nitrogen functional groups attached to an aromatic ring is 1. The van der Waals surface area contributed by atoms with Crippen LogP contribution < -0.4 is 5.73 Å². The highest BCUT2D eigenvalue weighted by atomic mass is 19.1. The molecule has 0 aliphatic carbocycles. The van der Waals surface area contributed by atoms with Crippen molar-refractivity contribution in [1.82, 2.24) is 4.90 Å². The van der Waals surface area contributed by atoms with Gasteiger partial charge in [0, 0.05) is 18.7 Å². The molecule has 1 rings (SSSR count). The van der Waals surface area contributed by atoms with Gasteiger partial charge >= 0.3 is 0 Å². The van der Waals surface area contributed by atoms with Crippen LogP contribution in [-0.2, 0) is 0 Å².